The third-order valence-electron chi connectivity index (χ3n) is 4.88. The van der Waals surface area contributed by atoms with Crippen LogP contribution < -0.4 is 5.32 Å². The SMILES string of the molecule is O=C(Nc1cccc(C(F)(F)F)c1C1CCN(CC(F)(F)F)CC1)c1cncnc1. The summed E-state index contributed by atoms with van der Waals surface area (Å²) >= 11 is 0. The van der Waals surface area contributed by atoms with Crippen molar-refractivity contribution in [3.63, 3.8) is 0 Å². The first-order valence-electron chi connectivity index (χ1n) is 9.10. The number of nitrogens with one attached hydrogen (secondary N) is 1. The third kappa shape index (κ3) is 5.47. The second-order valence-corrected chi connectivity index (χ2v) is 7.01. The number of hydrogen-bond donors (Lipinski definition) is 1. The molecule has 0 unspecified atom stereocenters. The summed E-state index contributed by atoms with van der Waals surface area (Å²) in [6, 6.07) is 3.45. The Bertz CT molecular complexity index is 877. The van der Waals surface area contributed by atoms with E-state index in [0.29, 0.717) is 0 Å². The molecule has 0 bridgehead atoms. The molecule has 30 heavy (non-hydrogen) atoms. The normalized spacial score (nSPS) is 16.5. The smallest absolute Gasteiger partial charge is 0.322 e. The highest BCUT2D eigenvalue weighted by molar-refractivity contribution is 6.04. The molecule has 0 spiro atoms. The van der Waals surface area contributed by atoms with Gasteiger partial charge in [-0.1, -0.05) is 6.07 Å². The minimum Gasteiger partial charge on any atom is -0.322 e. The van der Waals surface area contributed by atoms with Crippen molar-refractivity contribution >= 4 is 11.6 Å². The highest BCUT2D eigenvalue weighted by atomic mass is 19.4. The van der Waals surface area contributed by atoms with Crippen LogP contribution in [0.5, 0.6) is 0 Å². The van der Waals surface area contributed by atoms with Gasteiger partial charge in [0.25, 0.3) is 5.91 Å². The van der Waals surface area contributed by atoms with Crippen LogP contribution in [-0.4, -0.2) is 46.6 Å². The van der Waals surface area contributed by atoms with Crippen molar-refractivity contribution in [2.24, 2.45) is 0 Å². The molecule has 0 aliphatic carbocycles. The Balaban J connectivity index is 1.87. The standard InChI is InChI=1S/C19H18F6N4O/c20-18(21,22)10-29-6-4-12(5-7-29)16-14(19(23,24)25)2-1-3-15(16)28-17(30)13-8-26-11-27-9-13/h1-3,8-9,11-12H,4-7,10H2,(H,28,30). The van der Waals surface area contributed by atoms with Crippen molar-refractivity contribution in [1.82, 2.24) is 14.9 Å². The molecule has 1 aromatic carbocycles. The Kier molecular flexibility index (Phi) is 6.30. The van der Waals surface area contributed by atoms with Gasteiger partial charge in [0.2, 0.25) is 0 Å². The lowest BCUT2D eigenvalue weighted by atomic mass is 9.85. The largest absolute Gasteiger partial charge is 0.416 e. The Morgan fingerprint density at radius 2 is 1.70 bits per heavy atom. The molecule has 11 heteroatoms. The Morgan fingerprint density at radius 1 is 1.07 bits per heavy atom. The molecule has 1 saturated heterocycles. The molecule has 1 aliphatic heterocycles. The molecule has 5 nitrogen and oxygen atoms in total. The Hall–Kier alpha value is -2.69. The van der Waals surface area contributed by atoms with Gasteiger partial charge in [-0.3, -0.25) is 9.69 Å². The fourth-order valence-electron chi connectivity index (χ4n) is 3.61. The molecule has 162 valence electrons. The van der Waals surface area contributed by atoms with Crippen LogP contribution in [0.4, 0.5) is 32.0 Å². The van der Waals surface area contributed by atoms with E-state index in [1.165, 1.54) is 35.8 Å². The van der Waals surface area contributed by atoms with Gasteiger partial charge in [-0.25, -0.2) is 9.97 Å². The molecule has 3 rings (SSSR count). The summed E-state index contributed by atoms with van der Waals surface area (Å²) < 4.78 is 78.8. The van der Waals surface area contributed by atoms with Crippen LogP contribution in [0.15, 0.2) is 36.9 Å². The summed E-state index contributed by atoms with van der Waals surface area (Å²) in [5.41, 5.74) is -0.963. The summed E-state index contributed by atoms with van der Waals surface area (Å²) in [5, 5.41) is 2.47. The fourth-order valence-corrected chi connectivity index (χ4v) is 3.61. The molecule has 1 aliphatic rings. The van der Waals surface area contributed by atoms with Crippen LogP contribution in [-0.2, 0) is 6.18 Å². The Morgan fingerprint density at radius 3 is 2.27 bits per heavy atom. The predicted molar refractivity (Wildman–Crippen MR) is 95.9 cm³/mol. The van der Waals surface area contributed by atoms with E-state index in [-0.39, 0.29) is 42.7 Å². The molecule has 0 atom stereocenters. The van der Waals surface area contributed by atoms with Gasteiger partial charge in [0.05, 0.1) is 17.7 Å². The van der Waals surface area contributed by atoms with Crippen molar-refractivity contribution in [2.75, 3.05) is 25.0 Å². The number of hydrogen-bond acceptors (Lipinski definition) is 4. The van der Waals surface area contributed by atoms with Crippen LogP contribution in [0.1, 0.15) is 40.2 Å². The number of anilines is 1. The van der Waals surface area contributed by atoms with Gasteiger partial charge < -0.3 is 5.32 Å². The number of rotatable bonds is 4. The van der Waals surface area contributed by atoms with E-state index >= 15 is 0 Å². The van der Waals surface area contributed by atoms with E-state index in [4.69, 9.17) is 0 Å². The van der Waals surface area contributed by atoms with Crippen LogP contribution >= 0.6 is 0 Å². The lowest BCUT2D eigenvalue weighted by Crippen LogP contribution is -2.40. The van der Waals surface area contributed by atoms with Gasteiger partial charge in [-0.2, -0.15) is 26.3 Å². The zero-order chi connectivity index (χ0) is 21.9. The summed E-state index contributed by atoms with van der Waals surface area (Å²) in [6.07, 6.45) is -5.15. The molecule has 2 aromatic rings. The first kappa shape index (κ1) is 22.0. The maximum absolute atomic E-state index is 13.7. The number of piperidine rings is 1. The Labute approximate surface area is 168 Å². The second kappa shape index (κ2) is 8.58. The van der Waals surface area contributed by atoms with Crippen LogP contribution in [0.25, 0.3) is 0 Å². The van der Waals surface area contributed by atoms with Gasteiger partial charge in [0, 0.05) is 18.1 Å². The first-order valence-corrected chi connectivity index (χ1v) is 9.10. The molecule has 2 heterocycles. The third-order valence-corrected chi connectivity index (χ3v) is 4.88. The molecule has 0 saturated carbocycles. The number of benzene rings is 1. The van der Waals surface area contributed by atoms with Crippen molar-refractivity contribution in [3.8, 4) is 0 Å². The van der Waals surface area contributed by atoms with Crippen molar-refractivity contribution in [3.05, 3.63) is 53.6 Å². The number of likely N-dealkylation sites (tertiary alicyclic amines) is 1. The number of carbonyl (C=O) groups is 1. The number of nitrogens with zero attached hydrogens (tertiary/aromatic N) is 3. The number of alkyl halides is 6. The maximum Gasteiger partial charge on any atom is 0.416 e. The van der Waals surface area contributed by atoms with Crippen molar-refractivity contribution in [2.45, 2.75) is 31.1 Å². The van der Waals surface area contributed by atoms with Crippen LogP contribution in [0.3, 0.4) is 0 Å². The van der Waals surface area contributed by atoms with E-state index in [9.17, 15) is 31.1 Å². The zero-order valence-corrected chi connectivity index (χ0v) is 15.6. The average molecular weight is 432 g/mol. The van der Waals surface area contributed by atoms with E-state index < -0.39 is 36.3 Å². The van der Waals surface area contributed by atoms with Gasteiger partial charge in [0.15, 0.2) is 0 Å². The van der Waals surface area contributed by atoms with Crippen LogP contribution in [0, 0.1) is 0 Å². The summed E-state index contributed by atoms with van der Waals surface area (Å²) in [5.74, 6) is -1.32. The van der Waals surface area contributed by atoms with Crippen LogP contribution in [0.2, 0.25) is 0 Å². The number of halogens is 6. The zero-order valence-electron chi connectivity index (χ0n) is 15.6. The summed E-state index contributed by atoms with van der Waals surface area (Å²) in [4.78, 5) is 21.0. The van der Waals surface area contributed by atoms with E-state index in [1.807, 2.05) is 0 Å². The molecule has 1 fully saturated rings. The molecular weight excluding hydrogens is 414 g/mol. The predicted octanol–water partition coefficient (Wildman–Crippen LogP) is 4.49. The average Bonchev–Trinajstić information content (AvgIpc) is 2.67. The fraction of sp³-hybridized carbons (Fsp3) is 0.421. The molecule has 1 amide bonds. The second-order valence-electron chi connectivity index (χ2n) is 7.01. The number of aromatic nitrogens is 2. The van der Waals surface area contributed by atoms with Gasteiger partial charge in [-0.05, 0) is 49.5 Å². The van der Waals surface area contributed by atoms with Gasteiger partial charge >= 0.3 is 12.4 Å². The molecule has 1 aromatic heterocycles. The highest BCUT2D eigenvalue weighted by Crippen LogP contribution is 2.42. The summed E-state index contributed by atoms with van der Waals surface area (Å²) in [7, 11) is 0. The van der Waals surface area contributed by atoms with Gasteiger partial charge in [-0.15, -0.1) is 0 Å². The molecule has 1 N–H and O–H groups in total. The monoisotopic (exact) mass is 432 g/mol. The lowest BCUT2D eigenvalue weighted by Gasteiger charge is -2.34. The lowest BCUT2D eigenvalue weighted by molar-refractivity contribution is -0.148. The van der Waals surface area contributed by atoms with Crippen molar-refractivity contribution < 1.29 is 31.1 Å². The van der Waals surface area contributed by atoms with Gasteiger partial charge in [0.1, 0.15) is 6.33 Å². The first-order chi connectivity index (χ1) is 14.0. The molecule has 0 radical (unpaired) electrons. The van der Waals surface area contributed by atoms with E-state index in [2.05, 4.69) is 15.3 Å². The van der Waals surface area contributed by atoms with E-state index in [1.54, 1.807) is 0 Å². The molecular formula is C19H18F6N4O. The topological polar surface area (TPSA) is 58.1 Å². The van der Waals surface area contributed by atoms with E-state index in [0.717, 1.165) is 6.07 Å². The minimum absolute atomic E-state index is 0.0102. The quantitative estimate of drug-likeness (QED) is 0.724. The number of carbonyl (C=O) groups excluding carboxylic acids is 1. The van der Waals surface area contributed by atoms with Crippen molar-refractivity contribution in [1.29, 1.82) is 0 Å². The maximum atomic E-state index is 13.7. The number of amides is 1. The summed E-state index contributed by atoms with van der Waals surface area (Å²) in [6.45, 7) is -1.08. The minimum atomic E-state index is -4.67. The highest BCUT2D eigenvalue weighted by Gasteiger charge is 2.39.